The molecule has 1 fully saturated rings. The van der Waals surface area contributed by atoms with Gasteiger partial charge in [-0.05, 0) is 67.2 Å². The Balaban J connectivity index is 0.000000479. The number of carbonyl (C=O) groups is 3. The number of amides is 1. The number of hydrogen-bond acceptors (Lipinski definition) is 4. The summed E-state index contributed by atoms with van der Waals surface area (Å²) < 4.78 is 31.7. The number of nitrogens with zero attached hydrogens (tertiary/aromatic N) is 1. The molecule has 1 aliphatic carbocycles. The number of rotatable bonds is 9. The van der Waals surface area contributed by atoms with Crippen LogP contribution >= 0.6 is 0 Å². The van der Waals surface area contributed by atoms with Crippen molar-refractivity contribution in [2.24, 2.45) is 17.6 Å². The van der Waals surface area contributed by atoms with Crippen LogP contribution in [-0.4, -0.2) is 41.5 Å². The van der Waals surface area contributed by atoms with Gasteiger partial charge in [-0.25, -0.2) is 4.79 Å². The Kier molecular flexibility index (Phi) is 9.63. The Morgan fingerprint density at radius 2 is 1.68 bits per heavy atom. The number of carbonyl (C=O) groups excluding carboxylic acids is 2. The standard InChI is InChI=1S/C26H30N2O2.C2HF3O2/c27-26(22-13-14-22)24(29)18-20(11-10-19-6-2-1-3-7-19)12-15-25(30)28-17-16-21-8-4-5-9-23(21)28;3-2(4,5)1(6)7/h1-9,12,15,20,22,26H,10-11,13-14,16-18,27H2;(H,6,7)/b15-12+;/t20-,26-;/m0./s1. The van der Waals surface area contributed by atoms with E-state index in [1.165, 1.54) is 11.1 Å². The number of benzene rings is 2. The number of nitrogens with two attached hydrogens (primary N) is 1. The lowest BCUT2D eigenvalue weighted by Gasteiger charge is -2.17. The van der Waals surface area contributed by atoms with Crippen molar-refractivity contribution >= 4 is 23.3 Å². The molecule has 1 aliphatic heterocycles. The number of ketones is 1. The molecule has 0 aromatic heterocycles. The zero-order chi connectivity index (χ0) is 27.0. The molecule has 0 radical (unpaired) electrons. The number of aliphatic carboxylic acids is 1. The first-order valence-electron chi connectivity index (χ1n) is 12.3. The van der Waals surface area contributed by atoms with Gasteiger partial charge in [0.25, 0.3) is 5.91 Å². The molecule has 37 heavy (non-hydrogen) atoms. The number of anilines is 1. The van der Waals surface area contributed by atoms with Gasteiger partial charge in [-0.3, -0.25) is 9.59 Å². The van der Waals surface area contributed by atoms with E-state index in [1.54, 1.807) is 6.08 Å². The second-order valence-corrected chi connectivity index (χ2v) is 9.35. The fourth-order valence-electron chi connectivity index (χ4n) is 4.25. The van der Waals surface area contributed by atoms with Gasteiger partial charge in [0, 0.05) is 18.7 Å². The summed E-state index contributed by atoms with van der Waals surface area (Å²) in [4.78, 5) is 36.2. The van der Waals surface area contributed by atoms with Crippen LogP contribution in [0.4, 0.5) is 18.9 Å². The van der Waals surface area contributed by atoms with Crippen LogP contribution in [0.25, 0.3) is 0 Å². The zero-order valence-electron chi connectivity index (χ0n) is 20.4. The molecule has 2 atom stereocenters. The topological polar surface area (TPSA) is 101 Å². The van der Waals surface area contributed by atoms with E-state index in [4.69, 9.17) is 15.6 Å². The third-order valence-electron chi connectivity index (χ3n) is 6.52. The quantitative estimate of drug-likeness (QED) is 0.470. The zero-order valence-corrected chi connectivity index (χ0v) is 20.4. The van der Waals surface area contributed by atoms with Crippen LogP contribution < -0.4 is 10.6 Å². The van der Waals surface area contributed by atoms with Crippen molar-refractivity contribution in [3.63, 3.8) is 0 Å². The second-order valence-electron chi connectivity index (χ2n) is 9.35. The third kappa shape index (κ3) is 8.56. The van der Waals surface area contributed by atoms with Crippen molar-refractivity contribution in [3.05, 3.63) is 77.9 Å². The minimum Gasteiger partial charge on any atom is -0.475 e. The molecule has 2 aliphatic rings. The van der Waals surface area contributed by atoms with Crippen LogP contribution in [-0.2, 0) is 27.2 Å². The van der Waals surface area contributed by atoms with Crippen LogP contribution in [0.1, 0.15) is 36.8 Å². The van der Waals surface area contributed by atoms with Gasteiger partial charge in [-0.1, -0.05) is 54.6 Å². The maximum absolute atomic E-state index is 12.9. The number of halogens is 3. The molecule has 0 saturated heterocycles. The Hall–Kier alpha value is -3.46. The maximum Gasteiger partial charge on any atom is 0.490 e. The molecule has 4 rings (SSSR count). The average Bonchev–Trinajstić information content (AvgIpc) is 3.63. The smallest absolute Gasteiger partial charge is 0.475 e. The molecule has 0 spiro atoms. The molecule has 6 nitrogen and oxygen atoms in total. The normalized spacial score (nSPS) is 16.5. The predicted molar refractivity (Wildman–Crippen MR) is 134 cm³/mol. The minimum absolute atomic E-state index is 0.0106. The van der Waals surface area contributed by atoms with Gasteiger partial charge in [-0.15, -0.1) is 0 Å². The van der Waals surface area contributed by atoms with E-state index < -0.39 is 12.1 Å². The molecule has 0 bridgehead atoms. The Labute approximate surface area is 214 Å². The van der Waals surface area contributed by atoms with Crippen molar-refractivity contribution in [3.8, 4) is 0 Å². The molecule has 1 amide bonds. The average molecular weight is 517 g/mol. The van der Waals surface area contributed by atoms with E-state index in [1.807, 2.05) is 47.4 Å². The largest absolute Gasteiger partial charge is 0.490 e. The van der Waals surface area contributed by atoms with Gasteiger partial charge in [-0.2, -0.15) is 13.2 Å². The van der Waals surface area contributed by atoms with E-state index in [0.717, 1.165) is 37.8 Å². The predicted octanol–water partition coefficient (Wildman–Crippen LogP) is 4.71. The highest BCUT2D eigenvalue weighted by Crippen LogP contribution is 2.33. The fourth-order valence-corrected chi connectivity index (χ4v) is 4.25. The highest BCUT2D eigenvalue weighted by atomic mass is 19.4. The summed E-state index contributed by atoms with van der Waals surface area (Å²) in [5, 5.41) is 7.12. The van der Waals surface area contributed by atoms with Crippen LogP contribution in [0.5, 0.6) is 0 Å². The van der Waals surface area contributed by atoms with Gasteiger partial charge in [0.2, 0.25) is 0 Å². The van der Waals surface area contributed by atoms with Crippen LogP contribution in [0.15, 0.2) is 66.7 Å². The number of carboxylic acids is 1. The number of carboxylic acid groups (broad SMARTS) is 1. The lowest BCUT2D eigenvalue weighted by molar-refractivity contribution is -0.192. The van der Waals surface area contributed by atoms with Gasteiger partial charge in [0.05, 0.1) is 6.04 Å². The van der Waals surface area contributed by atoms with E-state index in [0.29, 0.717) is 18.9 Å². The van der Waals surface area contributed by atoms with E-state index in [2.05, 4.69) is 18.2 Å². The maximum atomic E-state index is 12.9. The van der Waals surface area contributed by atoms with Gasteiger partial charge < -0.3 is 15.7 Å². The number of Topliss-reactive ketones (excluding diaryl/α,β-unsaturated/α-hetero) is 1. The van der Waals surface area contributed by atoms with Crippen LogP contribution in [0.3, 0.4) is 0 Å². The highest BCUT2D eigenvalue weighted by Gasteiger charge is 2.38. The first-order valence-corrected chi connectivity index (χ1v) is 12.3. The Morgan fingerprint density at radius 1 is 1.05 bits per heavy atom. The SMILES string of the molecule is N[C@H](C(=O)C[C@H](/C=C/C(=O)N1CCc2ccccc21)CCc1ccccc1)C1CC1.O=C(O)C(F)(F)F. The third-order valence-corrected chi connectivity index (χ3v) is 6.52. The monoisotopic (exact) mass is 516 g/mol. The lowest BCUT2D eigenvalue weighted by atomic mass is 9.91. The molecule has 0 unspecified atom stereocenters. The molecular formula is C28H31F3N2O4. The van der Waals surface area contributed by atoms with Gasteiger partial charge in [0.1, 0.15) is 5.78 Å². The summed E-state index contributed by atoms with van der Waals surface area (Å²) >= 11 is 0. The van der Waals surface area contributed by atoms with Crippen molar-refractivity contribution in [2.75, 3.05) is 11.4 Å². The highest BCUT2D eigenvalue weighted by molar-refractivity contribution is 6.03. The first-order chi connectivity index (χ1) is 17.6. The molecule has 2 aromatic rings. The molecule has 3 N–H and O–H groups in total. The van der Waals surface area contributed by atoms with Crippen molar-refractivity contribution in [1.29, 1.82) is 0 Å². The van der Waals surface area contributed by atoms with Crippen molar-refractivity contribution < 1.29 is 32.7 Å². The molecule has 9 heteroatoms. The Bertz CT molecular complexity index is 1110. The van der Waals surface area contributed by atoms with E-state index >= 15 is 0 Å². The fraction of sp³-hybridized carbons (Fsp3) is 0.393. The number of alkyl halides is 3. The molecule has 1 saturated carbocycles. The molecular weight excluding hydrogens is 485 g/mol. The molecule has 1 heterocycles. The van der Waals surface area contributed by atoms with Crippen molar-refractivity contribution in [1.82, 2.24) is 0 Å². The number of allylic oxidation sites excluding steroid dienone is 1. The Morgan fingerprint density at radius 3 is 2.30 bits per heavy atom. The number of para-hydroxylation sites is 1. The lowest BCUT2D eigenvalue weighted by Crippen LogP contribution is -2.33. The van der Waals surface area contributed by atoms with Crippen LogP contribution in [0.2, 0.25) is 0 Å². The van der Waals surface area contributed by atoms with Gasteiger partial charge in [0.15, 0.2) is 0 Å². The summed E-state index contributed by atoms with van der Waals surface area (Å²) in [6.07, 6.45) is 3.63. The summed E-state index contributed by atoms with van der Waals surface area (Å²) in [6.45, 7) is 0.711. The summed E-state index contributed by atoms with van der Waals surface area (Å²) in [5.41, 5.74) is 9.60. The second kappa shape index (κ2) is 12.7. The van der Waals surface area contributed by atoms with Crippen molar-refractivity contribution in [2.45, 2.75) is 50.7 Å². The number of hydrogen-bond donors (Lipinski definition) is 2. The van der Waals surface area contributed by atoms with E-state index in [9.17, 15) is 22.8 Å². The molecule has 2 aromatic carbocycles. The van der Waals surface area contributed by atoms with Gasteiger partial charge >= 0.3 is 12.1 Å². The minimum atomic E-state index is -5.08. The molecule has 198 valence electrons. The van der Waals surface area contributed by atoms with E-state index in [-0.39, 0.29) is 23.7 Å². The summed E-state index contributed by atoms with van der Waals surface area (Å²) in [5.74, 6) is -2.27. The number of aryl methyl sites for hydroxylation is 1. The first kappa shape index (κ1) is 28.1. The number of fused-ring (bicyclic) bond motifs is 1. The summed E-state index contributed by atoms with van der Waals surface area (Å²) in [6, 6.07) is 18.0. The summed E-state index contributed by atoms with van der Waals surface area (Å²) in [7, 11) is 0. The van der Waals surface area contributed by atoms with Crippen LogP contribution in [0, 0.1) is 11.8 Å².